The van der Waals surface area contributed by atoms with Gasteiger partial charge in [0.05, 0.1) is 10.0 Å². The molecular weight excluding hydrogens is 281 g/mol. The molecular formula is C14H17Cl2N3. The second kappa shape index (κ2) is 6.94. The van der Waals surface area contributed by atoms with Crippen molar-refractivity contribution in [3.05, 3.63) is 52.0 Å². The van der Waals surface area contributed by atoms with E-state index in [4.69, 9.17) is 23.2 Å². The first-order valence-corrected chi connectivity index (χ1v) is 7.05. The lowest BCUT2D eigenvalue weighted by Gasteiger charge is -2.09. The van der Waals surface area contributed by atoms with E-state index < -0.39 is 0 Å². The van der Waals surface area contributed by atoms with E-state index in [2.05, 4.69) is 14.9 Å². The van der Waals surface area contributed by atoms with Crippen molar-refractivity contribution in [1.82, 2.24) is 14.9 Å². The van der Waals surface area contributed by atoms with Crippen molar-refractivity contribution in [1.29, 1.82) is 0 Å². The van der Waals surface area contributed by atoms with Gasteiger partial charge in [-0.15, -0.1) is 0 Å². The molecule has 1 N–H and O–H groups in total. The Morgan fingerprint density at radius 2 is 2.16 bits per heavy atom. The lowest BCUT2D eigenvalue weighted by molar-refractivity contribution is 0.594. The number of hydrogen-bond acceptors (Lipinski definition) is 2. The Labute approximate surface area is 123 Å². The highest BCUT2D eigenvalue weighted by atomic mass is 35.5. The molecule has 0 fully saturated rings. The number of halogens is 2. The van der Waals surface area contributed by atoms with Gasteiger partial charge in [0.2, 0.25) is 0 Å². The quantitative estimate of drug-likeness (QED) is 0.828. The number of nitrogens with zero attached hydrogens (tertiary/aromatic N) is 2. The van der Waals surface area contributed by atoms with Crippen LogP contribution in [0.2, 0.25) is 10.0 Å². The fraction of sp³-hybridized carbons (Fsp3) is 0.357. The van der Waals surface area contributed by atoms with Gasteiger partial charge in [0.15, 0.2) is 0 Å². The fourth-order valence-corrected chi connectivity index (χ4v) is 2.38. The van der Waals surface area contributed by atoms with E-state index in [1.807, 2.05) is 31.6 Å². The Bertz CT molecular complexity index is 537. The van der Waals surface area contributed by atoms with Gasteiger partial charge >= 0.3 is 0 Å². The van der Waals surface area contributed by atoms with Gasteiger partial charge in [-0.05, 0) is 31.6 Å². The molecule has 0 unspecified atom stereocenters. The Kier molecular flexibility index (Phi) is 5.25. The van der Waals surface area contributed by atoms with Crippen LogP contribution in [0.25, 0.3) is 0 Å². The summed E-state index contributed by atoms with van der Waals surface area (Å²) in [4.78, 5) is 4.40. The zero-order valence-electron chi connectivity index (χ0n) is 10.9. The Balaban J connectivity index is 2.11. The first kappa shape index (κ1) is 14.4. The van der Waals surface area contributed by atoms with E-state index >= 15 is 0 Å². The molecule has 0 atom stereocenters. The molecule has 0 spiro atoms. The molecule has 0 radical (unpaired) electrons. The maximum atomic E-state index is 6.21. The van der Waals surface area contributed by atoms with E-state index in [0.29, 0.717) is 16.5 Å². The van der Waals surface area contributed by atoms with Gasteiger partial charge in [0.25, 0.3) is 0 Å². The summed E-state index contributed by atoms with van der Waals surface area (Å²) in [6, 6.07) is 5.70. The second-order valence-electron chi connectivity index (χ2n) is 4.38. The van der Waals surface area contributed by atoms with Gasteiger partial charge in [-0.2, -0.15) is 0 Å². The zero-order valence-corrected chi connectivity index (χ0v) is 12.4. The van der Waals surface area contributed by atoms with Gasteiger partial charge < -0.3 is 9.88 Å². The van der Waals surface area contributed by atoms with Crippen LogP contribution in [0, 0.1) is 0 Å². The number of benzene rings is 1. The van der Waals surface area contributed by atoms with Crippen molar-refractivity contribution in [2.24, 2.45) is 0 Å². The van der Waals surface area contributed by atoms with Gasteiger partial charge in [0, 0.05) is 25.4 Å². The van der Waals surface area contributed by atoms with Gasteiger partial charge in [-0.3, -0.25) is 0 Å². The van der Waals surface area contributed by atoms with Crippen LogP contribution >= 0.6 is 23.2 Å². The Morgan fingerprint density at radius 3 is 2.95 bits per heavy atom. The van der Waals surface area contributed by atoms with Crippen LogP contribution < -0.4 is 5.32 Å². The summed E-state index contributed by atoms with van der Waals surface area (Å²) < 4.78 is 2.16. The second-order valence-corrected chi connectivity index (χ2v) is 5.17. The summed E-state index contributed by atoms with van der Waals surface area (Å²) in [6.07, 6.45) is 5.60. The highest BCUT2D eigenvalue weighted by Gasteiger charge is 2.09. The summed E-state index contributed by atoms with van der Waals surface area (Å²) in [6.45, 7) is 1.95. The molecule has 3 nitrogen and oxygen atoms in total. The summed E-state index contributed by atoms with van der Waals surface area (Å²) in [5.41, 5.74) is 1.01. The topological polar surface area (TPSA) is 29.9 Å². The number of rotatable bonds is 6. The maximum Gasteiger partial charge on any atom is 0.113 e. The van der Waals surface area contributed by atoms with Crippen LogP contribution in [0.4, 0.5) is 0 Å². The third-order valence-electron chi connectivity index (χ3n) is 3.01. The standard InChI is InChI=1S/C14H17Cl2N3/c1-17-6-3-8-19-9-7-18-13(19)10-11-4-2-5-12(15)14(11)16/h2,4-5,7,9,17H,3,6,8,10H2,1H3. The highest BCUT2D eigenvalue weighted by molar-refractivity contribution is 6.42. The molecule has 1 aromatic heterocycles. The average molecular weight is 298 g/mol. The van der Waals surface area contributed by atoms with Gasteiger partial charge in [-0.1, -0.05) is 35.3 Å². The van der Waals surface area contributed by atoms with Crippen molar-refractivity contribution in [2.75, 3.05) is 13.6 Å². The largest absolute Gasteiger partial charge is 0.335 e. The lowest BCUT2D eigenvalue weighted by atomic mass is 10.1. The molecule has 0 amide bonds. The van der Waals surface area contributed by atoms with Crippen molar-refractivity contribution in [3.63, 3.8) is 0 Å². The number of aromatic nitrogens is 2. The predicted octanol–water partition coefficient (Wildman–Crippen LogP) is 3.39. The molecule has 19 heavy (non-hydrogen) atoms. The summed E-state index contributed by atoms with van der Waals surface area (Å²) in [7, 11) is 1.96. The molecule has 2 aromatic rings. The third kappa shape index (κ3) is 3.72. The highest BCUT2D eigenvalue weighted by Crippen LogP contribution is 2.27. The van der Waals surface area contributed by atoms with Crippen molar-refractivity contribution >= 4 is 23.2 Å². The number of imidazole rings is 1. The number of nitrogens with one attached hydrogen (secondary N) is 1. The number of hydrogen-bond donors (Lipinski definition) is 1. The number of aryl methyl sites for hydroxylation is 1. The molecule has 0 aliphatic heterocycles. The molecule has 2 rings (SSSR count). The molecule has 102 valence electrons. The zero-order chi connectivity index (χ0) is 13.7. The molecule has 0 bridgehead atoms. The summed E-state index contributed by atoms with van der Waals surface area (Å²) in [5.74, 6) is 1.01. The third-order valence-corrected chi connectivity index (χ3v) is 3.87. The van der Waals surface area contributed by atoms with Crippen molar-refractivity contribution in [3.8, 4) is 0 Å². The van der Waals surface area contributed by atoms with Crippen LogP contribution in [0.3, 0.4) is 0 Å². The lowest BCUT2D eigenvalue weighted by Crippen LogP contribution is -2.12. The predicted molar refractivity (Wildman–Crippen MR) is 80.0 cm³/mol. The summed E-state index contributed by atoms with van der Waals surface area (Å²) >= 11 is 12.2. The Morgan fingerprint density at radius 1 is 1.32 bits per heavy atom. The van der Waals surface area contributed by atoms with Gasteiger partial charge in [-0.25, -0.2) is 4.98 Å². The smallest absolute Gasteiger partial charge is 0.113 e. The van der Waals surface area contributed by atoms with E-state index in [0.717, 1.165) is 30.9 Å². The molecule has 1 aromatic carbocycles. The molecule has 0 saturated heterocycles. The van der Waals surface area contributed by atoms with Crippen LogP contribution in [-0.2, 0) is 13.0 Å². The minimum Gasteiger partial charge on any atom is -0.335 e. The monoisotopic (exact) mass is 297 g/mol. The summed E-state index contributed by atoms with van der Waals surface area (Å²) in [5, 5.41) is 4.35. The van der Waals surface area contributed by atoms with Crippen molar-refractivity contribution in [2.45, 2.75) is 19.4 Å². The van der Waals surface area contributed by atoms with E-state index in [1.54, 1.807) is 6.07 Å². The average Bonchev–Trinajstić information content (AvgIpc) is 2.83. The van der Waals surface area contributed by atoms with Gasteiger partial charge in [0.1, 0.15) is 5.82 Å². The van der Waals surface area contributed by atoms with E-state index in [9.17, 15) is 0 Å². The molecule has 0 saturated carbocycles. The van der Waals surface area contributed by atoms with Crippen LogP contribution in [0.1, 0.15) is 17.8 Å². The first-order chi connectivity index (χ1) is 9.22. The van der Waals surface area contributed by atoms with Crippen molar-refractivity contribution < 1.29 is 0 Å². The van der Waals surface area contributed by atoms with Crippen LogP contribution in [0.5, 0.6) is 0 Å². The minimum atomic E-state index is 0.590. The normalized spacial score (nSPS) is 10.9. The fourth-order valence-electron chi connectivity index (χ4n) is 1.99. The molecule has 0 aliphatic rings. The minimum absolute atomic E-state index is 0.590. The first-order valence-electron chi connectivity index (χ1n) is 6.30. The maximum absolute atomic E-state index is 6.21. The van der Waals surface area contributed by atoms with E-state index in [1.165, 1.54) is 0 Å². The molecule has 5 heteroatoms. The molecule has 1 heterocycles. The Hall–Kier alpha value is -1.03. The molecule has 0 aliphatic carbocycles. The van der Waals surface area contributed by atoms with E-state index in [-0.39, 0.29) is 0 Å². The van der Waals surface area contributed by atoms with Crippen LogP contribution in [0.15, 0.2) is 30.6 Å². The SMILES string of the molecule is CNCCCn1ccnc1Cc1cccc(Cl)c1Cl. The van der Waals surface area contributed by atoms with Crippen LogP contribution in [-0.4, -0.2) is 23.1 Å².